The van der Waals surface area contributed by atoms with Gasteiger partial charge in [0.25, 0.3) is 0 Å². The molecule has 0 radical (unpaired) electrons. The molecule has 1 amide bonds. The van der Waals surface area contributed by atoms with Crippen molar-refractivity contribution in [2.75, 3.05) is 5.32 Å². The second-order valence-electron chi connectivity index (χ2n) is 4.47. The van der Waals surface area contributed by atoms with Gasteiger partial charge in [0.05, 0.1) is 5.69 Å². The van der Waals surface area contributed by atoms with E-state index < -0.39 is 5.91 Å². The van der Waals surface area contributed by atoms with Gasteiger partial charge in [-0.1, -0.05) is 30.3 Å². The van der Waals surface area contributed by atoms with E-state index in [4.69, 9.17) is 5.73 Å². The zero-order chi connectivity index (χ0) is 14.7. The fourth-order valence-electron chi connectivity index (χ4n) is 1.94. The van der Waals surface area contributed by atoms with Crippen LogP contribution in [0.25, 0.3) is 11.3 Å². The Morgan fingerprint density at radius 1 is 1.10 bits per heavy atom. The van der Waals surface area contributed by atoms with Gasteiger partial charge in [-0.25, -0.2) is 4.98 Å². The molecule has 0 aliphatic heterocycles. The Bertz CT molecular complexity index is 768. The van der Waals surface area contributed by atoms with Crippen LogP contribution in [0.3, 0.4) is 0 Å². The molecule has 4 nitrogen and oxygen atoms in total. The summed E-state index contributed by atoms with van der Waals surface area (Å²) in [5, 5.41) is 6.00. The number of aromatic nitrogens is 1. The Morgan fingerprint density at radius 2 is 1.90 bits per heavy atom. The van der Waals surface area contributed by atoms with Crippen molar-refractivity contribution in [2.24, 2.45) is 5.73 Å². The maximum absolute atomic E-state index is 11.2. The van der Waals surface area contributed by atoms with E-state index >= 15 is 0 Å². The molecule has 3 N–H and O–H groups in total. The number of carbonyl (C=O) groups is 1. The number of nitrogens with one attached hydrogen (secondary N) is 1. The van der Waals surface area contributed by atoms with Crippen LogP contribution < -0.4 is 11.1 Å². The molecule has 1 heterocycles. The topological polar surface area (TPSA) is 68.0 Å². The highest BCUT2D eigenvalue weighted by Crippen LogP contribution is 2.27. The van der Waals surface area contributed by atoms with Crippen molar-refractivity contribution >= 4 is 28.1 Å². The number of rotatable bonds is 4. The molecule has 0 aliphatic carbocycles. The molecule has 0 atom stereocenters. The average molecular weight is 295 g/mol. The summed E-state index contributed by atoms with van der Waals surface area (Å²) in [5.74, 6) is -0.435. The van der Waals surface area contributed by atoms with Crippen molar-refractivity contribution in [3.05, 3.63) is 65.5 Å². The number of para-hydroxylation sites is 1. The molecule has 0 saturated carbocycles. The van der Waals surface area contributed by atoms with E-state index in [1.54, 1.807) is 18.2 Å². The summed E-state index contributed by atoms with van der Waals surface area (Å²) in [7, 11) is 0. The number of hydrogen-bond acceptors (Lipinski definition) is 4. The molecule has 2 aromatic carbocycles. The number of benzene rings is 2. The Morgan fingerprint density at radius 3 is 2.67 bits per heavy atom. The molecule has 104 valence electrons. The molecule has 0 saturated heterocycles. The Labute approximate surface area is 126 Å². The Balaban J connectivity index is 1.85. The molecule has 0 unspecified atom stereocenters. The molecular formula is C16H13N3OS. The first-order chi connectivity index (χ1) is 10.2. The molecule has 3 aromatic rings. The summed E-state index contributed by atoms with van der Waals surface area (Å²) in [4.78, 5) is 15.8. The second kappa shape index (κ2) is 5.76. The van der Waals surface area contributed by atoms with Gasteiger partial charge in [0, 0.05) is 22.2 Å². The molecule has 3 rings (SSSR count). The van der Waals surface area contributed by atoms with Gasteiger partial charge < -0.3 is 11.1 Å². The van der Waals surface area contributed by atoms with Crippen molar-refractivity contribution < 1.29 is 4.79 Å². The quantitative estimate of drug-likeness (QED) is 0.772. The first-order valence-electron chi connectivity index (χ1n) is 6.40. The van der Waals surface area contributed by atoms with E-state index in [1.165, 1.54) is 11.3 Å². The minimum atomic E-state index is -0.435. The molecule has 0 aliphatic rings. The van der Waals surface area contributed by atoms with Crippen LogP contribution in [0.1, 0.15) is 10.4 Å². The third-order valence-corrected chi connectivity index (χ3v) is 3.73. The minimum Gasteiger partial charge on any atom is -0.366 e. The highest BCUT2D eigenvalue weighted by Gasteiger charge is 2.07. The number of amides is 1. The number of nitrogens with two attached hydrogens (primary N) is 1. The Hall–Kier alpha value is -2.66. The van der Waals surface area contributed by atoms with Crippen LogP contribution in [-0.4, -0.2) is 10.9 Å². The lowest BCUT2D eigenvalue weighted by atomic mass is 10.1. The molecular weight excluding hydrogens is 282 g/mol. The number of primary amides is 1. The molecule has 1 aromatic heterocycles. The average Bonchev–Trinajstić information content (AvgIpc) is 2.97. The van der Waals surface area contributed by atoms with E-state index in [0.29, 0.717) is 5.56 Å². The lowest BCUT2D eigenvalue weighted by molar-refractivity contribution is 0.100. The maximum Gasteiger partial charge on any atom is 0.248 e. The fraction of sp³-hybridized carbons (Fsp3) is 0. The van der Waals surface area contributed by atoms with Crippen molar-refractivity contribution in [3.8, 4) is 11.3 Å². The van der Waals surface area contributed by atoms with E-state index in [0.717, 1.165) is 22.1 Å². The summed E-state index contributed by atoms with van der Waals surface area (Å²) < 4.78 is 0. The van der Waals surface area contributed by atoms with E-state index in [2.05, 4.69) is 10.3 Å². The van der Waals surface area contributed by atoms with E-state index in [-0.39, 0.29) is 0 Å². The van der Waals surface area contributed by atoms with Crippen LogP contribution in [0.4, 0.5) is 10.8 Å². The number of thiazole rings is 1. The predicted molar refractivity (Wildman–Crippen MR) is 85.8 cm³/mol. The van der Waals surface area contributed by atoms with Crippen LogP contribution in [-0.2, 0) is 0 Å². The largest absolute Gasteiger partial charge is 0.366 e. The monoisotopic (exact) mass is 295 g/mol. The third-order valence-electron chi connectivity index (χ3n) is 2.97. The summed E-state index contributed by atoms with van der Waals surface area (Å²) in [6.07, 6.45) is 0. The first-order valence-corrected chi connectivity index (χ1v) is 7.28. The SMILES string of the molecule is NC(=O)c1cccc(-c2csc(Nc3ccccc3)n2)c1. The normalized spacial score (nSPS) is 10.3. The lowest BCUT2D eigenvalue weighted by Crippen LogP contribution is -2.10. The van der Waals surface area contributed by atoms with Gasteiger partial charge in [0.15, 0.2) is 5.13 Å². The smallest absolute Gasteiger partial charge is 0.248 e. The van der Waals surface area contributed by atoms with Gasteiger partial charge >= 0.3 is 0 Å². The highest BCUT2D eigenvalue weighted by molar-refractivity contribution is 7.14. The molecule has 21 heavy (non-hydrogen) atoms. The van der Waals surface area contributed by atoms with Crippen molar-refractivity contribution in [3.63, 3.8) is 0 Å². The van der Waals surface area contributed by atoms with Gasteiger partial charge in [0.2, 0.25) is 5.91 Å². The van der Waals surface area contributed by atoms with E-state index in [9.17, 15) is 4.79 Å². The van der Waals surface area contributed by atoms with Crippen molar-refractivity contribution in [1.29, 1.82) is 0 Å². The van der Waals surface area contributed by atoms with Crippen LogP contribution in [0.5, 0.6) is 0 Å². The van der Waals surface area contributed by atoms with Gasteiger partial charge in [-0.05, 0) is 24.3 Å². The summed E-state index contributed by atoms with van der Waals surface area (Å²) >= 11 is 1.52. The molecule has 0 fully saturated rings. The summed E-state index contributed by atoms with van der Waals surface area (Å²) in [6.45, 7) is 0. The van der Waals surface area contributed by atoms with Gasteiger partial charge in [-0.3, -0.25) is 4.79 Å². The standard InChI is InChI=1S/C16H13N3OS/c17-15(20)12-6-4-5-11(9-12)14-10-21-16(19-14)18-13-7-2-1-3-8-13/h1-10H,(H2,17,20)(H,18,19). The van der Waals surface area contributed by atoms with Gasteiger partial charge in [-0.15, -0.1) is 11.3 Å². The van der Waals surface area contributed by atoms with Crippen LogP contribution in [0.2, 0.25) is 0 Å². The highest BCUT2D eigenvalue weighted by atomic mass is 32.1. The van der Waals surface area contributed by atoms with Crippen LogP contribution >= 0.6 is 11.3 Å². The lowest BCUT2D eigenvalue weighted by Gasteiger charge is -2.01. The predicted octanol–water partition coefficient (Wildman–Crippen LogP) is 3.65. The molecule has 0 spiro atoms. The Kier molecular flexibility index (Phi) is 3.66. The number of carbonyl (C=O) groups excluding carboxylic acids is 1. The van der Waals surface area contributed by atoms with E-state index in [1.807, 2.05) is 41.8 Å². The molecule has 0 bridgehead atoms. The maximum atomic E-state index is 11.2. The molecule has 5 heteroatoms. The van der Waals surface area contributed by atoms with Crippen molar-refractivity contribution in [2.45, 2.75) is 0 Å². The zero-order valence-corrected chi connectivity index (χ0v) is 11.9. The summed E-state index contributed by atoms with van der Waals surface area (Å²) in [5.41, 5.74) is 8.47. The van der Waals surface area contributed by atoms with Crippen molar-refractivity contribution in [1.82, 2.24) is 4.98 Å². The zero-order valence-electron chi connectivity index (χ0n) is 11.1. The number of nitrogens with zero attached hydrogens (tertiary/aromatic N) is 1. The van der Waals surface area contributed by atoms with Crippen LogP contribution in [0, 0.1) is 0 Å². The van der Waals surface area contributed by atoms with Gasteiger partial charge in [0.1, 0.15) is 0 Å². The van der Waals surface area contributed by atoms with Gasteiger partial charge in [-0.2, -0.15) is 0 Å². The van der Waals surface area contributed by atoms with Crippen LogP contribution in [0.15, 0.2) is 60.0 Å². The fourth-order valence-corrected chi connectivity index (χ4v) is 2.68. The number of hydrogen-bond donors (Lipinski definition) is 2. The minimum absolute atomic E-state index is 0.435. The number of anilines is 2. The summed E-state index contributed by atoms with van der Waals surface area (Å²) in [6, 6.07) is 17.0. The second-order valence-corrected chi connectivity index (χ2v) is 5.33. The third kappa shape index (κ3) is 3.09. The first kappa shape index (κ1) is 13.3.